The number of anilines is 1. The van der Waals surface area contributed by atoms with E-state index in [1.54, 1.807) is 30.3 Å². The van der Waals surface area contributed by atoms with Gasteiger partial charge in [0.1, 0.15) is 0 Å². The van der Waals surface area contributed by atoms with Crippen molar-refractivity contribution < 1.29 is 14.3 Å². The van der Waals surface area contributed by atoms with Gasteiger partial charge in [0.2, 0.25) is 11.8 Å². The van der Waals surface area contributed by atoms with Gasteiger partial charge in [-0.1, -0.05) is 0 Å². The first-order valence-corrected chi connectivity index (χ1v) is 5.89. The lowest BCUT2D eigenvalue weighted by atomic mass is 10.3. The number of hydrogen-bond donors (Lipinski definition) is 1. The molecule has 1 fully saturated rings. The number of methoxy groups -OCH3 is 1. The summed E-state index contributed by atoms with van der Waals surface area (Å²) in [5, 5.41) is 3.06. The molecule has 0 aromatic carbocycles. The van der Waals surface area contributed by atoms with Crippen LogP contribution in [0, 0.1) is 0 Å². The summed E-state index contributed by atoms with van der Waals surface area (Å²) < 4.78 is 10.2. The van der Waals surface area contributed by atoms with Crippen LogP contribution in [0.1, 0.15) is 0 Å². The number of pyridine rings is 1. The SMILES string of the molecule is COc1cc(NCC(=O)N2CCOCC2)ccn1. The third-order valence-corrected chi connectivity index (χ3v) is 2.75. The molecule has 2 rings (SSSR count). The van der Waals surface area contributed by atoms with Crippen molar-refractivity contribution in [1.29, 1.82) is 0 Å². The molecule has 0 bridgehead atoms. The van der Waals surface area contributed by atoms with Crippen LogP contribution >= 0.6 is 0 Å². The van der Waals surface area contributed by atoms with E-state index in [-0.39, 0.29) is 12.5 Å². The predicted octanol–water partition coefficient (Wildman–Crippen LogP) is 0.361. The van der Waals surface area contributed by atoms with Crippen molar-refractivity contribution in [2.24, 2.45) is 0 Å². The van der Waals surface area contributed by atoms with E-state index >= 15 is 0 Å². The molecule has 2 heterocycles. The Kier molecular flexibility index (Phi) is 4.35. The number of nitrogens with zero attached hydrogens (tertiary/aromatic N) is 2. The lowest BCUT2D eigenvalue weighted by Gasteiger charge is -2.27. The molecule has 6 heteroatoms. The van der Waals surface area contributed by atoms with Crippen molar-refractivity contribution >= 4 is 11.6 Å². The number of hydrogen-bond acceptors (Lipinski definition) is 5. The largest absolute Gasteiger partial charge is 0.481 e. The normalized spacial score (nSPS) is 15.3. The third kappa shape index (κ3) is 3.33. The van der Waals surface area contributed by atoms with Crippen LogP contribution < -0.4 is 10.1 Å². The highest BCUT2D eigenvalue weighted by Crippen LogP contribution is 2.13. The van der Waals surface area contributed by atoms with Gasteiger partial charge in [0.15, 0.2) is 0 Å². The quantitative estimate of drug-likeness (QED) is 0.837. The van der Waals surface area contributed by atoms with Gasteiger partial charge < -0.3 is 19.7 Å². The molecule has 0 radical (unpaired) electrons. The van der Waals surface area contributed by atoms with Crippen LogP contribution in [0.2, 0.25) is 0 Å². The van der Waals surface area contributed by atoms with E-state index in [0.717, 1.165) is 5.69 Å². The maximum Gasteiger partial charge on any atom is 0.242 e. The number of carbonyl (C=O) groups is 1. The van der Waals surface area contributed by atoms with Crippen molar-refractivity contribution in [3.8, 4) is 5.88 Å². The van der Waals surface area contributed by atoms with Gasteiger partial charge in [-0.05, 0) is 6.07 Å². The molecule has 1 aliphatic rings. The second kappa shape index (κ2) is 6.20. The first kappa shape index (κ1) is 12.6. The standard InChI is InChI=1S/C12H17N3O3/c1-17-11-8-10(2-3-13-11)14-9-12(16)15-4-6-18-7-5-15/h2-3,8H,4-7,9H2,1H3,(H,13,14). The van der Waals surface area contributed by atoms with Crippen molar-refractivity contribution in [2.75, 3.05) is 45.3 Å². The fraction of sp³-hybridized carbons (Fsp3) is 0.500. The predicted molar refractivity (Wildman–Crippen MR) is 66.7 cm³/mol. The molecule has 0 atom stereocenters. The van der Waals surface area contributed by atoms with Gasteiger partial charge in [0.25, 0.3) is 0 Å². The van der Waals surface area contributed by atoms with Gasteiger partial charge in [-0.15, -0.1) is 0 Å². The van der Waals surface area contributed by atoms with E-state index in [9.17, 15) is 4.79 Å². The Balaban J connectivity index is 1.84. The van der Waals surface area contributed by atoms with Crippen LogP contribution in [0.15, 0.2) is 18.3 Å². The molecule has 0 aliphatic carbocycles. The maximum absolute atomic E-state index is 11.9. The van der Waals surface area contributed by atoms with Gasteiger partial charge in [-0.25, -0.2) is 4.98 Å². The lowest BCUT2D eigenvalue weighted by Crippen LogP contribution is -2.43. The van der Waals surface area contributed by atoms with Crippen LogP contribution in [-0.4, -0.2) is 55.7 Å². The van der Waals surface area contributed by atoms with E-state index in [0.29, 0.717) is 32.2 Å². The topological polar surface area (TPSA) is 63.7 Å². The van der Waals surface area contributed by atoms with E-state index < -0.39 is 0 Å². The summed E-state index contributed by atoms with van der Waals surface area (Å²) in [6.07, 6.45) is 1.64. The third-order valence-electron chi connectivity index (χ3n) is 2.75. The number of carbonyl (C=O) groups excluding carboxylic acids is 1. The summed E-state index contributed by atoms with van der Waals surface area (Å²) in [6.45, 7) is 2.84. The summed E-state index contributed by atoms with van der Waals surface area (Å²) in [5.41, 5.74) is 0.823. The second-order valence-electron chi connectivity index (χ2n) is 3.93. The summed E-state index contributed by atoms with van der Waals surface area (Å²) in [5.74, 6) is 0.605. The number of morpholine rings is 1. The Bertz CT molecular complexity index is 405. The van der Waals surface area contributed by atoms with E-state index in [4.69, 9.17) is 9.47 Å². The van der Waals surface area contributed by atoms with Gasteiger partial charge in [-0.3, -0.25) is 4.79 Å². The van der Waals surface area contributed by atoms with Gasteiger partial charge in [-0.2, -0.15) is 0 Å². The Morgan fingerprint density at radius 3 is 3.06 bits per heavy atom. The molecular formula is C12H17N3O3. The lowest BCUT2D eigenvalue weighted by molar-refractivity contribution is -0.133. The molecule has 0 unspecified atom stereocenters. The van der Waals surface area contributed by atoms with Crippen molar-refractivity contribution in [1.82, 2.24) is 9.88 Å². The molecule has 0 saturated carbocycles. The summed E-state index contributed by atoms with van der Waals surface area (Å²) in [4.78, 5) is 17.7. The summed E-state index contributed by atoms with van der Waals surface area (Å²) >= 11 is 0. The van der Waals surface area contributed by atoms with E-state index in [1.165, 1.54) is 0 Å². The summed E-state index contributed by atoms with van der Waals surface area (Å²) in [7, 11) is 1.56. The van der Waals surface area contributed by atoms with Crippen LogP contribution in [0.4, 0.5) is 5.69 Å². The number of amides is 1. The molecular weight excluding hydrogens is 234 g/mol. The van der Waals surface area contributed by atoms with Gasteiger partial charge in [0.05, 0.1) is 26.9 Å². The average Bonchev–Trinajstić information content (AvgIpc) is 2.46. The molecule has 1 aromatic rings. The highest BCUT2D eigenvalue weighted by atomic mass is 16.5. The highest BCUT2D eigenvalue weighted by molar-refractivity contribution is 5.81. The molecule has 1 aromatic heterocycles. The smallest absolute Gasteiger partial charge is 0.242 e. The van der Waals surface area contributed by atoms with Gasteiger partial charge in [0, 0.05) is 31.0 Å². The molecule has 18 heavy (non-hydrogen) atoms. The fourth-order valence-corrected chi connectivity index (χ4v) is 1.73. The Hall–Kier alpha value is -1.82. The Labute approximate surface area is 106 Å². The van der Waals surface area contributed by atoms with E-state index in [2.05, 4.69) is 10.3 Å². The minimum absolute atomic E-state index is 0.0779. The molecule has 6 nitrogen and oxygen atoms in total. The summed E-state index contributed by atoms with van der Waals surface area (Å²) in [6, 6.07) is 3.56. The van der Waals surface area contributed by atoms with Crippen LogP contribution in [0.25, 0.3) is 0 Å². The van der Waals surface area contributed by atoms with Gasteiger partial charge >= 0.3 is 0 Å². The number of nitrogens with one attached hydrogen (secondary N) is 1. The zero-order valence-corrected chi connectivity index (χ0v) is 10.4. The highest BCUT2D eigenvalue weighted by Gasteiger charge is 2.16. The maximum atomic E-state index is 11.9. The minimum Gasteiger partial charge on any atom is -0.481 e. The fourth-order valence-electron chi connectivity index (χ4n) is 1.73. The zero-order valence-electron chi connectivity index (χ0n) is 10.4. The van der Waals surface area contributed by atoms with Crippen molar-refractivity contribution in [3.05, 3.63) is 18.3 Å². The number of aromatic nitrogens is 1. The van der Waals surface area contributed by atoms with Crippen molar-refractivity contribution in [2.45, 2.75) is 0 Å². The zero-order chi connectivity index (χ0) is 12.8. The Morgan fingerprint density at radius 2 is 2.33 bits per heavy atom. The molecule has 1 aliphatic heterocycles. The molecule has 1 N–H and O–H groups in total. The number of ether oxygens (including phenoxy) is 2. The van der Waals surface area contributed by atoms with E-state index in [1.807, 2.05) is 0 Å². The monoisotopic (exact) mass is 251 g/mol. The first-order chi connectivity index (χ1) is 8.79. The van der Waals surface area contributed by atoms with Crippen LogP contribution in [0.3, 0.4) is 0 Å². The molecule has 0 spiro atoms. The average molecular weight is 251 g/mol. The van der Waals surface area contributed by atoms with Crippen LogP contribution in [0.5, 0.6) is 5.88 Å². The second-order valence-corrected chi connectivity index (χ2v) is 3.93. The minimum atomic E-state index is 0.0779. The Morgan fingerprint density at radius 1 is 1.56 bits per heavy atom. The molecule has 1 saturated heterocycles. The van der Waals surface area contributed by atoms with Crippen molar-refractivity contribution in [3.63, 3.8) is 0 Å². The molecule has 1 amide bonds. The number of rotatable bonds is 4. The molecule has 98 valence electrons. The van der Waals surface area contributed by atoms with Crippen LogP contribution in [-0.2, 0) is 9.53 Å². The first-order valence-electron chi connectivity index (χ1n) is 5.89.